The number of aliphatic imine (C=N–C) groups is 1. The number of phenols is 1. The lowest BCUT2D eigenvalue weighted by atomic mass is 9.89. The van der Waals surface area contributed by atoms with E-state index in [-0.39, 0.29) is 6.04 Å². The van der Waals surface area contributed by atoms with E-state index in [0.29, 0.717) is 5.75 Å². The molecule has 0 saturated carbocycles. The first-order valence-corrected chi connectivity index (χ1v) is 12.6. The van der Waals surface area contributed by atoms with Crippen molar-refractivity contribution in [3.8, 4) is 5.75 Å². The van der Waals surface area contributed by atoms with E-state index >= 15 is 0 Å². The van der Waals surface area contributed by atoms with Gasteiger partial charge in [0.2, 0.25) is 0 Å². The molecule has 0 fully saturated rings. The summed E-state index contributed by atoms with van der Waals surface area (Å²) in [6, 6.07) is 14.6. The third-order valence-corrected chi connectivity index (χ3v) is 7.60. The molecule has 1 atom stereocenters. The fourth-order valence-electron chi connectivity index (χ4n) is 5.59. The van der Waals surface area contributed by atoms with Crippen LogP contribution in [0.25, 0.3) is 0 Å². The van der Waals surface area contributed by atoms with Crippen molar-refractivity contribution in [2.24, 2.45) is 4.99 Å². The van der Waals surface area contributed by atoms with E-state index in [9.17, 15) is 5.11 Å². The van der Waals surface area contributed by atoms with Crippen molar-refractivity contribution >= 4 is 5.84 Å². The van der Waals surface area contributed by atoms with Crippen molar-refractivity contribution < 1.29 is 5.11 Å². The zero-order valence-corrected chi connectivity index (χ0v) is 21.1. The predicted octanol–water partition coefficient (Wildman–Crippen LogP) is 6.73. The molecular formula is C31H35N3O. The predicted molar refractivity (Wildman–Crippen MR) is 144 cm³/mol. The van der Waals surface area contributed by atoms with E-state index in [1.165, 1.54) is 33.5 Å². The summed E-state index contributed by atoms with van der Waals surface area (Å²) in [7, 11) is 0. The second kappa shape index (κ2) is 9.71. The Morgan fingerprint density at radius 2 is 1.89 bits per heavy atom. The molecule has 0 spiro atoms. The molecule has 2 aliphatic heterocycles. The lowest BCUT2D eigenvalue weighted by molar-refractivity contribution is 0.268. The van der Waals surface area contributed by atoms with Crippen LogP contribution in [0.3, 0.4) is 0 Å². The topological polar surface area (TPSA) is 39.1 Å². The van der Waals surface area contributed by atoms with E-state index in [1.807, 2.05) is 12.1 Å². The molecule has 0 bridgehead atoms. The van der Waals surface area contributed by atoms with Gasteiger partial charge in [-0.05, 0) is 73.6 Å². The van der Waals surface area contributed by atoms with Crippen LogP contribution in [-0.4, -0.2) is 33.8 Å². The van der Waals surface area contributed by atoms with Crippen molar-refractivity contribution in [3.63, 3.8) is 0 Å². The average Bonchev–Trinajstić information content (AvgIpc) is 2.86. The summed E-state index contributed by atoms with van der Waals surface area (Å²) in [6.07, 6.45) is 9.71. The minimum Gasteiger partial charge on any atom is -0.508 e. The summed E-state index contributed by atoms with van der Waals surface area (Å²) in [4.78, 5) is 9.93. The van der Waals surface area contributed by atoms with Crippen LogP contribution in [0.4, 0.5) is 0 Å². The van der Waals surface area contributed by atoms with E-state index in [0.717, 1.165) is 56.0 Å². The molecule has 2 aromatic carbocycles. The Morgan fingerprint density at radius 1 is 1.09 bits per heavy atom. The van der Waals surface area contributed by atoms with Gasteiger partial charge in [-0.15, -0.1) is 0 Å². The first-order valence-electron chi connectivity index (χ1n) is 12.6. The van der Waals surface area contributed by atoms with Crippen LogP contribution in [0.5, 0.6) is 5.75 Å². The normalized spacial score (nSPS) is 19.4. The number of nitrogens with zero attached hydrogens (tertiary/aromatic N) is 3. The van der Waals surface area contributed by atoms with Gasteiger partial charge in [-0.25, -0.2) is 4.99 Å². The maximum Gasteiger partial charge on any atom is 0.116 e. The Labute approximate surface area is 209 Å². The van der Waals surface area contributed by atoms with Crippen LogP contribution in [0.1, 0.15) is 54.5 Å². The van der Waals surface area contributed by atoms with Crippen LogP contribution < -0.4 is 0 Å². The lowest BCUT2D eigenvalue weighted by Crippen LogP contribution is -2.41. The van der Waals surface area contributed by atoms with Gasteiger partial charge in [-0.1, -0.05) is 55.1 Å². The van der Waals surface area contributed by atoms with Gasteiger partial charge in [0.15, 0.2) is 0 Å². The Hall–Kier alpha value is -3.37. The zero-order chi connectivity index (χ0) is 24.5. The number of allylic oxidation sites excluding steroid dienone is 3. The first-order chi connectivity index (χ1) is 16.9. The zero-order valence-electron chi connectivity index (χ0n) is 21.1. The van der Waals surface area contributed by atoms with Crippen LogP contribution in [0.2, 0.25) is 0 Å². The number of phenolic OH excluding ortho intramolecular Hbond substituents is 1. The summed E-state index contributed by atoms with van der Waals surface area (Å²) in [5.74, 6) is 1.36. The average molecular weight is 466 g/mol. The number of hydrogen-bond acceptors (Lipinski definition) is 4. The van der Waals surface area contributed by atoms with E-state index in [4.69, 9.17) is 4.99 Å². The molecule has 3 aliphatic rings. The molecule has 35 heavy (non-hydrogen) atoms. The number of hydrogen-bond donors (Lipinski definition) is 1. The summed E-state index contributed by atoms with van der Waals surface area (Å²) >= 11 is 0. The maximum atomic E-state index is 10.2. The van der Waals surface area contributed by atoms with Gasteiger partial charge in [0, 0.05) is 37.3 Å². The summed E-state index contributed by atoms with van der Waals surface area (Å²) in [5, 5.41) is 10.2. The standard InChI is InChI=1S/C31H35N3O/c1-21-17-28(35)18-27(22(21)2)19-33-16-15-30-29(20-33)23(3)34(24(4)32-30)31(25-11-7-5-8-12-25)26-13-9-6-10-14-26/h5-9,11-13,17-18,31,35H,3,10,14-16,19-20H2,1-2,4H3. The van der Waals surface area contributed by atoms with E-state index in [2.05, 4.69) is 85.7 Å². The van der Waals surface area contributed by atoms with Crippen molar-refractivity contribution in [2.75, 3.05) is 13.1 Å². The van der Waals surface area contributed by atoms with Gasteiger partial charge in [0.25, 0.3) is 0 Å². The van der Waals surface area contributed by atoms with Crippen LogP contribution in [0, 0.1) is 13.8 Å². The van der Waals surface area contributed by atoms with Crippen LogP contribution >= 0.6 is 0 Å². The third kappa shape index (κ3) is 4.63. The molecule has 0 saturated heterocycles. The Kier molecular flexibility index (Phi) is 6.48. The van der Waals surface area contributed by atoms with Crippen molar-refractivity contribution in [1.29, 1.82) is 0 Å². The molecular weight excluding hydrogens is 430 g/mol. The van der Waals surface area contributed by atoms with Gasteiger partial charge < -0.3 is 10.0 Å². The smallest absolute Gasteiger partial charge is 0.116 e. The summed E-state index contributed by atoms with van der Waals surface area (Å²) < 4.78 is 0. The minimum absolute atomic E-state index is 0.0952. The first kappa shape index (κ1) is 23.4. The van der Waals surface area contributed by atoms with Gasteiger partial charge >= 0.3 is 0 Å². The number of aryl methyl sites for hydroxylation is 1. The fraction of sp³-hybridized carbons (Fsp3) is 0.323. The number of aromatic hydroxyl groups is 1. The SMILES string of the molecule is C=C1C2=C(CCN(Cc3cc(O)cc(C)c3C)C2)N=C(C)N1C(C1=CC=CCC1)c1ccccc1. The molecule has 1 N–H and O–H groups in total. The highest BCUT2D eigenvalue weighted by Gasteiger charge is 2.34. The molecule has 2 aromatic rings. The Balaban J connectivity index is 1.45. The highest BCUT2D eigenvalue weighted by atomic mass is 16.3. The molecule has 4 heteroatoms. The molecule has 180 valence electrons. The second-order valence-electron chi connectivity index (χ2n) is 9.93. The van der Waals surface area contributed by atoms with Crippen LogP contribution in [-0.2, 0) is 6.54 Å². The molecule has 1 unspecified atom stereocenters. The summed E-state index contributed by atoms with van der Waals surface area (Å²) in [6.45, 7) is 13.5. The molecule has 0 amide bonds. The van der Waals surface area contributed by atoms with Gasteiger partial charge in [-0.3, -0.25) is 4.90 Å². The largest absolute Gasteiger partial charge is 0.508 e. The quantitative estimate of drug-likeness (QED) is 0.532. The third-order valence-electron chi connectivity index (χ3n) is 7.60. The minimum atomic E-state index is 0.0952. The fourth-order valence-corrected chi connectivity index (χ4v) is 5.59. The van der Waals surface area contributed by atoms with E-state index < -0.39 is 0 Å². The number of amidine groups is 1. The number of rotatable bonds is 5. The van der Waals surface area contributed by atoms with Gasteiger partial charge in [-0.2, -0.15) is 0 Å². The van der Waals surface area contributed by atoms with Crippen molar-refractivity contribution in [3.05, 3.63) is 112 Å². The monoisotopic (exact) mass is 465 g/mol. The molecule has 1 aliphatic carbocycles. The second-order valence-corrected chi connectivity index (χ2v) is 9.93. The molecule has 2 heterocycles. The van der Waals surface area contributed by atoms with E-state index in [1.54, 1.807) is 0 Å². The lowest BCUT2D eigenvalue weighted by Gasteiger charge is -2.43. The Bertz CT molecular complexity index is 1270. The van der Waals surface area contributed by atoms with Crippen molar-refractivity contribution in [1.82, 2.24) is 9.80 Å². The maximum absolute atomic E-state index is 10.2. The molecule has 0 aromatic heterocycles. The molecule has 5 rings (SSSR count). The van der Waals surface area contributed by atoms with Gasteiger partial charge in [0.1, 0.15) is 11.6 Å². The van der Waals surface area contributed by atoms with Crippen molar-refractivity contribution in [2.45, 2.75) is 52.6 Å². The van der Waals surface area contributed by atoms with Gasteiger partial charge in [0.05, 0.1) is 11.7 Å². The van der Waals surface area contributed by atoms with Crippen LogP contribution in [0.15, 0.2) is 94.8 Å². The highest BCUT2D eigenvalue weighted by molar-refractivity contribution is 5.86. The number of benzene rings is 2. The molecule has 0 radical (unpaired) electrons. The Morgan fingerprint density at radius 3 is 2.63 bits per heavy atom. The highest BCUT2D eigenvalue weighted by Crippen LogP contribution is 2.41. The summed E-state index contributed by atoms with van der Waals surface area (Å²) in [5.41, 5.74) is 9.71. The molecule has 4 nitrogen and oxygen atoms in total.